The molecule has 3 heteroatoms. The molecule has 1 rings (SSSR count). The molecule has 3 unspecified atom stereocenters. The number of hydrogen-bond donors (Lipinski definition) is 2. The number of nitrogens with two attached hydrogens (primary N) is 1. The smallest absolute Gasteiger partial charge is 0.0465 e. The second-order valence-electron chi connectivity index (χ2n) is 4.65. The summed E-state index contributed by atoms with van der Waals surface area (Å²) in [5.41, 5.74) is 2.98. The minimum Gasteiger partial charge on any atom is -0.385 e. The maximum absolute atomic E-state index is 5.62. The van der Waals surface area contributed by atoms with E-state index < -0.39 is 0 Å². The molecule has 1 aliphatic carbocycles. The van der Waals surface area contributed by atoms with Crippen LogP contribution in [0.3, 0.4) is 0 Å². The molecule has 0 spiro atoms. The van der Waals surface area contributed by atoms with Gasteiger partial charge in [0.25, 0.3) is 0 Å². The van der Waals surface area contributed by atoms with Crippen LogP contribution in [0.25, 0.3) is 0 Å². The van der Waals surface area contributed by atoms with E-state index >= 15 is 0 Å². The van der Waals surface area contributed by atoms with Crippen LogP contribution in [0.5, 0.6) is 0 Å². The Hall–Kier alpha value is -0.120. The first-order valence-electron chi connectivity index (χ1n) is 5.65. The molecule has 14 heavy (non-hydrogen) atoms. The van der Waals surface area contributed by atoms with E-state index in [9.17, 15) is 0 Å². The molecule has 3 nitrogen and oxygen atoms in total. The monoisotopic (exact) mass is 200 g/mol. The molecule has 0 aromatic heterocycles. The Balaban J connectivity index is 2.34. The van der Waals surface area contributed by atoms with Crippen LogP contribution in [0, 0.1) is 17.8 Å². The summed E-state index contributed by atoms with van der Waals surface area (Å²) in [5.74, 6) is 7.82. The summed E-state index contributed by atoms with van der Waals surface area (Å²) in [7, 11) is 1.75. The van der Waals surface area contributed by atoms with Gasteiger partial charge in [-0.2, -0.15) is 0 Å². The van der Waals surface area contributed by atoms with Crippen molar-refractivity contribution in [1.29, 1.82) is 0 Å². The average Bonchev–Trinajstić information content (AvgIpc) is 2.98. The van der Waals surface area contributed by atoms with Gasteiger partial charge in [-0.3, -0.25) is 11.3 Å². The van der Waals surface area contributed by atoms with E-state index in [0.29, 0.717) is 17.9 Å². The molecule has 0 saturated heterocycles. The summed E-state index contributed by atoms with van der Waals surface area (Å²) in [6, 6.07) is 0.442. The van der Waals surface area contributed by atoms with Gasteiger partial charge in [0.1, 0.15) is 0 Å². The number of methoxy groups -OCH3 is 1. The first-order valence-corrected chi connectivity index (χ1v) is 5.65. The Bertz CT molecular complexity index is 159. The van der Waals surface area contributed by atoms with Crippen molar-refractivity contribution < 1.29 is 4.74 Å². The van der Waals surface area contributed by atoms with Crippen molar-refractivity contribution in [3.63, 3.8) is 0 Å². The van der Waals surface area contributed by atoms with E-state index in [-0.39, 0.29) is 0 Å². The fourth-order valence-electron chi connectivity index (χ4n) is 2.23. The zero-order valence-corrected chi connectivity index (χ0v) is 9.62. The van der Waals surface area contributed by atoms with Crippen molar-refractivity contribution in [2.75, 3.05) is 13.7 Å². The number of rotatable bonds is 7. The van der Waals surface area contributed by atoms with Crippen molar-refractivity contribution in [2.45, 2.75) is 39.2 Å². The molecule has 0 heterocycles. The van der Waals surface area contributed by atoms with Gasteiger partial charge >= 0.3 is 0 Å². The lowest BCUT2D eigenvalue weighted by Gasteiger charge is -2.29. The van der Waals surface area contributed by atoms with Crippen LogP contribution in [0.15, 0.2) is 0 Å². The summed E-state index contributed by atoms with van der Waals surface area (Å²) >= 11 is 0. The highest BCUT2D eigenvalue weighted by Crippen LogP contribution is 2.39. The highest BCUT2D eigenvalue weighted by atomic mass is 16.5. The number of hydrazine groups is 1. The van der Waals surface area contributed by atoms with E-state index in [1.165, 1.54) is 12.8 Å². The minimum absolute atomic E-state index is 0.442. The van der Waals surface area contributed by atoms with E-state index in [0.717, 1.165) is 18.9 Å². The largest absolute Gasteiger partial charge is 0.385 e. The van der Waals surface area contributed by atoms with Gasteiger partial charge in [0.2, 0.25) is 0 Å². The third-order valence-electron chi connectivity index (χ3n) is 3.51. The topological polar surface area (TPSA) is 47.3 Å². The summed E-state index contributed by atoms with van der Waals surface area (Å²) in [4.78, 5) is 0. The fraction of sp³-hybridized carbons (Fsp3) is 1.00. The average molecular weight is 200 g/mol. The van der Waals surface area contributed by atoms with E-state index in [2.05, 4.69) is 19.3 Å². The molecule has 3 atom stereocenters. The van der Waals surface area contributed by atoms with Gasteiger partial charge in [0, 0.05) is 19.8 Å². The van der Waals surface area contributed by atoms with Crippen molar-refractivity contribution in [2.24, 2.45) is 23.6 Å². The molecule has 0 bridgehead atoms. The second kappa shape index (κ2) is 5.69. The quantitative estimate of drug-likeness (QED) is 0.484. The lowest BCUT2D eigenvalue weighted by Crippen LogP contribution is -2.45. The van der Waals surface area contributed by atoms with Gasteiger partial charge in [0.05, 0.1) is 0 Å². The zero-order valence-electron chi connectivity index (χ0n) is 9.62. The van der Waals surface area contributed by atoms with Gasteiger partial charge in [-0.05, 0) is 37.0 Å². The Morgan fingerprint density at radius 1 is 1.43 bits per heavy atom. The van der Waals surface area contributed by atoms with Gasteiger partial charge in [0.15, 0.2) is 0 Å². The fourth-order valence-corrected chi connectivity index (χ4v) is 2.23. The normalized spacial score (nSPS) is 23.1. The molecule has 3 N–H and O–H groups in total. The summed E-state index contributed by atoms with van der Waals surface area (Å²) in [6.07, 6.45) is 3.86. The highest BCUT2D eigenvalue weighted by Gasteiger charge is 2.34. The molecule has 84 valence electrons. The third kappa shape index (κ3) is 3.23. The Morgan fingerprint density at radius 2 is 2.07 bits per heavy atom. The Labute approximate surface area is 87.4 Å². The predicted molar refractivity (Wildman–Crippen MR) is 58.7 cm³/mol. The summed E-state index contributed by atoms with van der Waals surface area (Å²) in [5, 5.41) is 0. The minimum atomic E-state index is 0.442. The van der Waals surface area contributed by atoms with Crippen LogP contribution in [-0.2, 0) is 4.74 Å². The van der Waals surface area contributed by atoms with Crippen molar-refractivity contribution >= 4 is 0 Å². The van der Waals surface area contributed by atoms with Gasteiger partial charge in [-0.25, -0.2) is 0 Å². The van der Waals surface area contributed by atoms with Crippen molar-refractivity contribution in [3.05, 3.63) is 0 Å². The van der Waals surface area contributed by atoms with Crippen LogP contribution >= 0.6 is 0 Å². The van der Waals surface area contributed by atoms with Crippen molar-refractivity contribution in [1.82, 2.24) is 5.43 Å². The maximum Gasteiger partial charge on any atom is 0.0465 e. The lowest BCUT2D eigenvalue weighted by atomic mass is 9.86. The first kappa shape index (κ1) is 12.0. The molecule has 1 aliphatic rings. The molecular weight excluding hydrogens is 176 g/mol. The zero-order chi connectivity index (χ0) is 10.6. The molecular formula is C11H24N2O. The van der Waals surface area contributed by atoms with E-state index in [1.807, 2.05) is 0 Å². The van der Waals surface area contributed by atoms with Gasteiger partial charge in [-0.1, -0.05) is 13.8 Å². The standard InChI is InChI=1S/C11H24N2O/c1-8(6-7-14-3)11(13-12)9(2)10-4-5-10/h8-11,13H,4-7,12H2,1-3H3. The summed E-state index contributed by atoms with van der Waals surface area (Å²) in [6.45, 7) is 5.39. The predicted octanol–water partition coefficient (Wildman–Crippen LogP) is 1.54. The summed E-state index contributed by atoms with van der Waals surface area (Å²) < 4.78 is 5.09. The second-order valence-corrected chi connectivity index (χ2v) is 4.65. The number of nitrogens with one attached hydrogen (secondary N) is 1. The Kier molecular flexibility index (Phi) is 4.85. The van der Waals surface area contributed by atoms with E-state index in [1.54, 1.807) is 7.11 Å². The number of hydrogen-bond acceptors (Lipinski definition) is 3. The molecule has 0 aliphatic heterocycles. The van der Waals surface area contributed by atoms with Gasteiger partial charge < -0.3 is 4.74 Å². The van der Waals surface area contributed by atoms with Gasteiger partial charge in [-0.15, -0.1) is 0 Å². The lowest BCUT2D eigenvalue weighted by molar-refractivity contribution is 0.156. The molecule has 0 aromatic rings. The highest BCUT2D eigenvalue weighted by molar-refractivity contribution is 4.87. The Morgan fingerprint density at radius 3 is 2.50 bits per heavy atom. The molecule has 0 aromatic carbocycles. The van der Waals surface area contributed by atoms with Crippen LogP contribution < -0.4 is 11.3 Å². The van der Waals surface area contributed by atoms with Crippen molar-refractivity contribution in [3.8, 4) is 0 Å². The maximum atomic E-state index is 5.62. The van der Waals surface area contributed by atoms with Crippen LogP contribution in [0.4, 0.5) is 0 Å². The molecule has 1 saturated carbocycles. The molecule has 1 fully saturated rings. The van der Waals surface area contributed by atoms with Crippen LogP contribution in [0.2, 0.25) is 0 Å². The van der Waals surface area contributed by atoms with Crippen LogP contribution in [-0.4, -0.2) is 19.8 Å². The van der Waals surface area contributed by atoms with E-state index in [4.69, 9.17) is 10.6 Å². The first-order chi connectivity index (χ1) is 6.70. The third-order valence-corrected chi connectivity index (χ3v) is 3.51. The molecule has 0 amide bonds. The number of ether oxygens (including phenoxy) is 1. The molecule has 0 radical (unpaired) electrons. The SMILES string of the molecule is COCCC(C)C(NN)C(C)C1CC1. The van der Waals surface area contributed by atoms with Crippen LogP contribution in [0.1, 0.15) is 33.1 Å².